The molecule has 8 atom stereocenters. The molecule has 0 amide bonds. The number of allylic oxidation sites excluding steroid dienone is 1. The number of esters is 2. The summed E-state index contributed by atoms with van der Waals surface area (Å²) < 4.78 is 11.8. The number of ether oxygens (including phenoxy) is 2. The average Bonchev–Trinajstić information content (AvgIpc) is 3.24. The third-order valence-corrected chi connectivity index (χ3v) is 10.1. The van der Waals surface area contributed by atoms with Crippen molar-refractivity contribution in [1.82, 2.24) is 0 Å². The van der Waals surface area contributed by atoms with Crippen LogP contribution in [-0.2, 0) is 23.9 Å². The number of Topliss-reactive ketones (excluding diaryl/α,β-unsaturated/α-hetero) is 1. The van der Waals surface area contributed by atoms with E-state index in [-0.39, 0.29) is 23.2 Å². The van der Waals surface area contributed by atoms with Gasteiger partial charge in [0.2, 0.25) is 0 Å². The van der Waals surface area contributed by atoms with Gasteiger partial charge in [-0.2, -0.15) is 0 Å². The van der Waals surface area contributed by atoms with Gasteiger partial charge in [0.25, 0.3) is 0 Å². The van der Waals surface area contributed by atoms with E-state index in [4.69, 9.17) is 9.47 Å². The molecule has 0 radical (unpaired) electrons. The Kier molecular flexibility index (Phi) is 7.52. The zero-order chi connectivity index (χ0) is 28.3. The zero-order valence-electron chi connectivity index (χ0n) is 23.6. The summed E-state index contributed by atoms with van der Waals surface area (Å²) in [4.78, 5) is 39.7. The lowest BCUT2D eigenvalue weighted by molar-refractivity contribution is -0.203. The Bertz CT molecular complexity index is 1060. The van der Waals surface area contributed by atoms with Gasteiger partial charge in [-0.05, 0) is 36.8 Å². The molecule has 4 aliphatic carbocycles. The van der Waals surface area contributed by atoms with E-state index in [1.807, 2.05) is 20.8 Å². The van der Waals surface area contributed by atoms with Crippen LogP contribution in [0.2, 0.25) is 0 Å². The van der Waals surface area contributed by atoms with Crippen LogP contribution in [0.1, 0.15) is 86.5 Å². The highest BCUT2D eigenvalue weighted by Gasteiger charge is 2.83. The Hall–Kier alpha value is -2.03. The van der Waals surface area contributed by atoms with E-state index >= 15 is 0 Å². The largest absolute Gasteiger partial charge is 0.458 e. The molecule has 2 unspecified atom stereocenters. The van der Waals surface area contributed by atoms with Crippen LogP contribution >= 0.6 is 0 Å². The van der Waals surface area contributed by atoms with Crippen LogP contribution in [0.4, 0.5) is 0 Å². The SMILES string of the molecule is CCCCCCCC(=O)O[C@@]12CC(C)C34C=C(C)[C@H](OC(C)=O)[C@@]3(O)[C@H](O)C(CO)=C[C@H](C4=O)[C@@H]1C2(C)C. The van der Waals surface area contributed by atoms with Crippen LogP contribution in [0.25, 0.3) is 0 Å². The smallest absolute Gasteiger partial charge is 0.306 e. The van der Waals surface area contributed by atoms with Crippen LogP contribution in [0, 0.1) is 28.6 Å². The molecule has 2 saturated carbocycles. The van der Waals surface area contributed by atoms with Gasteiger partial charge >= 0.3 is 11.9 Å². The van der Waals surface area contributed by atoms with E-state index in [0.29, 0.717) is 18.4 Å². The van der Waals surface area contributed by atoms with Gasteiger partial charge in [-0.3, -0.25) is 14.4 Å². The van der Waals surface area contributed by atoms with Crippen molar-refractivity contribution in [1.29, 1.82) is 0 Å². The lowest BCUT2D eigenvalue weighted by atomic mass is 9.59. The van der Waals surface area contributed by atoms with E-state index < -0.39 is 58.7 Å². The lowest BCUT2D eigenvalue weighted by Gasteiger charge is -2.49. The molecule has 2 bridgehead atoms. The van der Waals surface area contributed by atoms with E-state index in [9.17, 15) is 29.7 Å². The summed E-state index contributed by atoms with van der Waals surface area (Å²) >= 11 is 0. The van der Waals surface area contributed by atoms with Crippen LogP contribution in [0.3, 0.4) is 0 Å². The van der Waals surface area contributed by atoms with Crippen molar-refractivity contribution < 1.29 is 39.2 Å². The van der Waals surface area contributed by atoms with Crippen LogP contribution in [0.15, 0.2) is 23.3 Å². The predicted molar refractivity (Wildman–Crippen MR) is 140 cm³/mol. The van der Waals surface area contributed by atoms with Crippen LogP contribution < -0.4 is 0 Å². The Balaban J connectivity index is 1.77. The third kappa shape index (κ3) is 3.85. The summed E-state index contributed by atoms with van der Waals surface area (Å²) in [6.07, 6.45) is 5.95. The van der Waals surface area contributed by atoms with Crippen LogP contribution in [-0.4, -0.2) is 63.1 Å². The first-order valence-corrected chi connectivity index (χ1v) is 14.1. The molecule has 4 rings (SSSR count). The second kappa shape index (κ2) is 9.86. The Morgan fingerprint density at radius 1 is 1.16 bits per heavy atom. The normalized spacial score (nSPS) is 40.7. The Morgan fingerprint density at radius 3 is 2.42 bits per heavy atom. The highest BCUT2D eigenvalue weighted by molar-refractivity contribution is 5.96. The molecule has 0 aromatic carbocycles. The summed E-state index contributed by atoms with van der Waals surface area (Å²) in [5, 5.41) is 34.1. The van der Waals surface area contributed by atoms with Crippen molar-refractivity contribution in [3.05, 3.63) is 23.3 Å². The molecule has 2 fully saturated rings. The minimum atomic E-state index is -2.21. The lowest BCUT2D eigenvalue weighted by Crippen LogP contribution is -2.66. The van der Waals surface area contributed by atoms with Crippen molar-refractivity contribution >= 4 is 17.7 Å². The summed E-state index contributed by atoms with van der Waals surface area (Å²) in [7, 11) is 0. The van der Waals surface area contributed by atoms with Gasteiger partial charge in [0.05, 0.1) is 12.0 Å². The molecule has 4 aliphatic rings. The molecule has 0 aliphatic heterocycles. The number of ketones is 1. The molecule has 8 heteroatoms. The number of fused-ring (bicyclic) bond motifs is 3. The second-order valence-corrected chi connectivity index (χ2v) is 12.6. The van der Waals surface area contributed by atoms with E-state index in [1.165, 1.54) is 6.92 Å². The number of aliphatic hydroxyl groups is 3. The molecule has 212 valence electrons. The molecular formula is C30H44O8. The standard InChI is InChI=1S/C30H44O8/c1-7-8-9-10-11-12-22(33)38-29-15-18(3)28-14-17(2)26(37-19(4)32)30(28,36)24(34)20(16-31)13-21(25(28)35)23(29)27(29,5)6/h13-14,18,21,23-24,26,31,34,36H,7-12,15-16H2,1-6H3/t18?,21-,23+,24+,26-,28?,29-,30-/m0/s1. The molecule has 1 spiro atoms. The highest BCUT2D eigenvalue weighted by Crippen LogP contribution is 2.75. The van der Waals surface area contributed by atoms with Crippen molar-refractivity contribution in [3.63, 3.8) is 0 Å². The number of unbranched alkanes of at least 4 members (excludes halogenated alkanes) is 4. The van der Waals surface area contributed by atoms with Gasteiger partial charge in [0, 0.05) is 30.6 Å². The van der Waals surface area contributed by atoms with E-state index in [0.717, 1.165) is 32.1 Å². The first kappa shape index (κ1) is 29.0. The quantitative estimate of drug-likeness (QED) is 0.234. The van der Waals surface area contributed by atoms with Crippen molar-refractivity contribution in [2.45, 2.75) is 110 Å². The summed E-state index contributed by atoms with van der Waals surface area (Å²) in [5.41, 5.74) is -4.71. The maximum Gasteiger partial charge on any atom is 0.306 e. The first-order chi connectivity index (χ1) is 17.8. The van der Waals surface area contributed by atoms with Gasteiger partial charge in [0.15, 0.2) is 17.5 Å². The number of hydrogen-bond acceptors (Lipinski definition) is 8. The Morgan fingerprint density at radius 2 is 1.82 bits per heavy atom. The van der Waals surface area contributed by atoms with E-state index in [1.54, 1.807) is 19.1 Å². The van der Waals surface area contributed by atoms with Crippen molar-refractivity contribution in [2.24, 2.45) is 28.6 Å². The number of rotatable bonds is 9. The molecule has 0 aromatic heterocycles. The fourth-order valence-corrected chi connectivity index (χ4v) is 8.19. The van der Waals surface area contributed by atoms with Crippen molar-refractivity contribution in [2.75, 3.05) is 6.61 Å². The number of carbonyl (C=O) groups excluding carboxylic acids is 3. The highest BCUT2D eigenvalue weighted by atomic mass is 16.6. The molecule has 0 saturated heterocycles. The minimum Gasteiger partial charge on any atom is -0.458 e. The number of hydrogen-bond donors (Lipinski definition) is 3. The third-order valence-electron chi connectivity index (χ3n) is 10.1. The van der Waals surface area contributed by atoms with Gasteiger partial charge in [-0.25, -0.2) is 0 Å². The minimum absolute atomic E-state index is 0.0981. The first-order valence-electron chi connectivity index (χ1n) is 14.1. The second-order valence-electron chi connectivity index (χ2n) is 12.6. The number of carbonyl (C=O) groups is 3. The van der Waals surface area contributed by atoms with Crippen molar-refractivity contribution in [3.8, 4) is 0 Å². The topological polar surface area (TPSA) is 130 Å². The summed E-state index contributed by atoms with van der Waals surface area (Å²) in [6, 6.07) is 0. The molecule has 38 heavy (non-hydrogen) atoms. The fourth-order valence-electron chi connectivity index (χ4n) is 8.19. The summed E-state index contributed by atoms with van der Waals surface area (Å²) in [6.45, 7) is 10.2. The van der Waals surface area contributed by atoms with Gasteiger partial charge in [-0.15, -0.1) is 0 Å². The summed E-state index contributed by atoms with van der Waals surface area (Å²) in [5.74, 6) is -3.01. The molecule has 8 nitrogen and oxygen atoms in total. The zero-order valence-corrected chi connectivity index (χ0v) is 23.6. The monoisotopic (exact) mass is 532 g/mol. The molecule has 0 heterocycles. The molecule has 3 N–H and O–H groups in total. The fraction of sp³-hybridized carbons (Fsp3) is 0.767. The van der Waals surface area contributed by atoms with Gasteiger partial charge in [0.1, 0.15) is 11.7 Å². The average molecular weight is 533 g/mol. The van der Waals surface area contributed by atoms with Gasteiger partial charge < -0.3 is 24.8 Å². The molecule has 0 aromatic rings. The maximum atomic E-state index is 14.6. The maximum absolute atomic E-state index is 14.6. The number of aliphatic hydroxyl groups excluding tert-OH is 2. The Labute approximate surface area is 225 Å². The van der Waals surface area contributed by atoms with Gasteiger partial charge in [-0.1, -0.05) is 65.5 Å². The van der Waals surface area contributed by atoms with Crippen LogP contribution in [0.5, 0.6) is 0 Å². The predicted octanol–water partition coefficient (Wildman–Crippen LogP) is 3.41. The molecular weight excluding hydrogens is 488 g/mol. The van der Waals surface area contributed by atoms with E-state index in [2.05, 4.69) is 6.92 Å².